The van der Waals surface area contributed by atoms with Crippen LogP contribution in [0.1, 0.15) is 16.1 Å². The van der Waals surface area contributed by atoms with Gasteiger partial charge in [-0.3, -0.25) is 4.79 Å². The lowest BCUT2D eigenvalue weighted by molar-refractivity contribution is 0.0966. The van der Waals surface area contributed by atoms with Crippen LogP contribution >= 0.6 is 46.4 Å². The molecule has 2 aromatic heterocycles. The molecule has 2 N–H and O–H groups in total. The molecule has 0 fully saturated rings. The molecule has 0 aliphatic rings. The van der Waals surface area contributed by atoms with Crippen molar-refractivity contribution < 1.29 is 9.21 Å². The molecule has 6 nitrogen and oxygen atoms in total. The van der Waals surface area contributed by atoms with Gasteiger partial charge in [0, 0.05) is 17.8 Å². The second-order valence-corrected chi connectivity index (χ2v) is 9.46. The predicted molar refractivity (Wildman–Crippen MR) is 146 cm³/mol. The zero-order chi connectivity index (χ0) is 25.2. The van der Waals surface area contributed by atoms with E-state index in [1.807, 2.05) is 18.2 Å². The molecule has 0 radical (unpaired) electrons. The molecule has 36 heavy (non-hydrogen) atoms. The zero-order valence-corrected chi connectivity index (χ0v) is 21.4. The molecule has 180 valence electrons. The van der Waals surface area contributed by atoms with E-state index in [1.54, 1.807) is 48.5 Å². The molecule has 0 saturated heterocycles. The SMILES string of the molecule is O=C(Cc1ccc2nc(Nc3ccc(Cl)c(Cl)c3)c(Nc3ccc(Cl)c(Cl)c3)nc2c1)c1ccco1. The molecule has 0 spiro atoms. The second-order valence-electron chi connectivity index (χ2n) is 7.83. The summed E-state index contributed by atoms with van der Waals surface area (Å²) in [5, 5.41) is 8.16. The van der Waals surface area contributed by atoms with E-state index in [2.05, 4.69) is 10.6 Å². The average molecular weight is 558 g/mol. The quantitative estimate of drug-likeness (QED) is 0.195. The Morgan fingerprint density at radius 1 is 0.722 bits per heavy atom. The minimum Gasteiger partial charge on any atom is -0.461 e. The topological polar surface area (TPSA) is 80.0 Å². The number of carbonyl (C=O) groups is 1. The molecule has 5 aromatic rings. The number of rotatable bonds is 7. The Morgan fingerprint density at radius 3 is 1.89 bits per heavy atom. The summed E-state index contributed by atoms with van der Waals surface area (Å²) < 4.78 is 5.21. The fraction of sp³-hybridized carbons (Fsp3) is 0.0385. The maximum atomic E-state index is 12.5. The largest absolute Gasteiger partial charge is 0.461 e. The van der Waals surface area contributed by atoms with Crippen LogP contribution in [0.15, 0.2) is 77.4 Å². The molecule has 0 unspecified atom stereocenters. The van der Waals surface area contributed by atoms with E-state index < -0.39 is 0 Å². The Bertz CT molecular complexity index is 1590. The number of anilines is 4. The lowest BCUT2D eigenvalue weighted by Crippen LogP contribution is -2.05. The summed E-state index contributed by atoms with van der Waals surface area (Å²) in [7, 11) is 0. The number of carbonyl (C=O) groups excluding carboxylic acids is 1. The third-order valence-corrected chi connectivity index (χ3v) is 6.73. The highest BCUT2D eigenvalue weighted by Gasteiger charge is 2.14. The molecule has 0 bridgehead atoms. The second kappa shape index (κ2) is 10.4. The van der Waals surface area contributed by atoms with Gasteiger partial charge in [0.25, 0.3) is 0 Å². The summed E-state index contributed by atoms with van der Waals surface area (Å²) in [6, 6.07) is 19.1. The van der Waals surface area contributed by atoms with Crippen LogP contribution < -0.4 is 10.6 Å². The fourth-order valence-electron chi connectivity index (χ4n) is 3.52. The number of halogens is 4. The van der Waals surface area contributed by atoms with E-state index in [4.69, 9.17) is 60.8 Å². The number of nitrogens with zero attached hydrogens (tertiary/aromatic N) is 2. The molecule has 0 aliphatic carbocycles. The predicted octanol–water partition coefficient (Wildman–Crippen LogP) is 8.75. The van der Waals surface area contributed by atoms with E-state index in [9.17, 15) is 4.79 Å². The summed E-state index contributed by atoms with van der Waals surface area (Å²) in [6.45, 7) is 0. The van der Waals surface area contributed by atoms with Crippen molar-refractivity contribution in [1.82, 2.24) is 9.97 Å². The van der Waals surface area contributed by atoms with Crippen molar-refractivity contribution >= 4 is 86.2 Å². The molecular weight excluding hydrogens is 542 g/mol. The monoisotopic (exact) mass is 556 g/mol. The van der Waals surface area contributed by atoms with Crippen LogP contribution in [0.25, 0.3) is 11.0 Å². The number of hydrogen-bond acceptors (Lipinski definition) is 6. The van der Waals surface area contributed by atoms with Crippen LogP contribution in [0, 0.1) is 0 Å². The van der Waals surface area contributed by atoms with Crippen LogP contribution in [0.2, 0.25) is 20.1 Å². The number of aromatic nitrogens is 2. The van der Waals surface area contributed by atoms with E-state index in [0.29, 0.717) is 59.9 Å². The van der Waals surface area contributed by atoms with Gasteiger partial charge in [-0.25, -0.2) is 9.97 Å². The first-order valence-corrected chi connectivity index (χ1v) is 12.2. The van der Waals surface area contributed by atoms with Gasteiger partial charge in [-0.2, -0.15) is 0 Å². The fourth-order valence-corrected chi connectivity index (χ4v) is 4.11. The summed E-state index contributed by atoms with van der Waals surface area (Å²) in [5.74, 6) is 1.07. The van der Waals surface area contributed by atoms with Crippen molar-refractivity contribution in [2.75, 3.05) is 10.6 Å². The van der Waals surface area contributed by atoms with Crippen molar-refractivity contribution in [2.24, 2.45) is 0 Å². The highest BCUT2D eigenvalue weighted by Crippen LogP contribution is 2.32. The Balaban J connectivity index is 1.53. The third kappa shape index (κ3) is 5.42. The molecule has 0 saturated carbocycles. The first-order chi connectivity index (χ1) is 17.4. The molecule has 5 rings (SSSR count). The van der Waals surface area contributed by atoms with E-state index in [0.717, 1.165) is 5.56 Å². The maximum Gasteiger partial charge on any atom is 0.202 e. The van der Waals surface area contributed by atoms with E-state index in [1.165, 1.54) is 6.26 Å². The summed E-state index contributed by atoms with van der Waals surface area (Å²) >= 11 is 24.5. The number of Topliss-reactive ketones (excluding diaryl/α,β-unsaturated/α-hetero) is 1. The molecule has 0 atom stereocenters. The number of furan rings is 1. The molecule has 0 aliphatic heterocycles. The van der Waals surface area contributed by atoms with Crippen molar-refractivity contribution in [3.8, 4) is 0 Å². The Morgan fingerprint density at radius 2 is 1.33 bits per heavy atom. The summed E-state index contributed by atoms with van der Waals surface area (Å²) in [5.41, 5.74) is 3.35. The van der Waals surface area contributed by atoms with E-state index in [-0.39, 0.29) is 12.2 Å². The van der Waals surface area contributed by atoms with Gasteiger partial charge in [0.2, 0.25) is 5.78 Å². The zero-order valence-electron chi connectivity index (χ0n) is 18.4. The van der Waals surface area contributed by atoms with Crippen molar-refractivity contribution in [1.29, 1.82) is 0 Å². The third-order valence-electron chi connectivity index (χ3n) is 5.25. The van der Waals surface area contributed by atoms with Gasteiger partial charge in [-0.05, 0) is 66.2 Å². The van der Waals surface area contributed by atoms with Gasteiger partial charge in [-0.1, -0.05) is 52.5 Å². The molecule has 3 aromatic carbocycles. The minimum atomic E-state index is -0.126. The van der Waals surface area contributed by atoms with Gasteiger partial charge in [-0.15, -0.1) is 0 Å². The van der Waals surface area contributed by atoms with Gasteiger partial charge in [0.1, 0.15) is 0 Å². The van der Waals surface area contributed by atoms with E-state index >= 15 is 0 Å². The lowest BCUT2D eigenvalue weighted by Gasteiger charge is -2.15. The van der Waals surface area contributed by atoms with Gasteiger partial charge < -0.3 is 15.1 Å². The molecule has 10 heteroatoms. The number of hydrogen-bond donors (Lipinski definition) is 2. The van der Waals surface area contributed by atoms with Crippen LogP contribution in [-0.2, 0) is 6.42 Å². The molecule has 0 amide bonds. The highest BCUT2D eigenvalue weighted by molar-refractivity contribution is 6.42. The number of ketones is 1. The highest BCUT2D eigenvalue weighted by atomic mass is 35.5. The van der Waals surface area contributed by atoms with Gasteiger partial charge in [0.05, 0.1) is 37.4 Å². The van der Waals surface area contributed by atoms with Crippen molar-refractivity contribution in [3.05, 3.63) is 104 Å². The standard InChI is InChI=1S/C26H16Cl4N4O2/c27-17-6-4-15(12-19(17)29)31-25-26(32-16-5-7-18(28)20(30)13-16)34-22-10-14(3-8-21(22)33-25)11-23(35)24-2-1-9-36-24/h1-10,12-13H,11H2,(H,31,33)(H,32,34). The van der Waals surface area contributed by atoms with Crippen LogP contribution in [0.3, 0.4) is 0 Å². The smallest absolute Gasteiger partial charge is 0.202 e. The first-order valence-electron chi connectivity index (χ1n) is 10.7. The van der Waals surface area contributed by atoms with Crippen LogP contribution in [0.5, 0.6) is 0 Å². The molecule has 2 heterocycles. The maximum absolute atomic E-state index is 12.5. The van der Waals surface area contributed by atoms with Gasteiger partial charge >= 0.3 is 0 Å². The summed E-state index contributed by atoms with van der Waals surface area (Å²) in [4.78, 5) is 22.0. The normalized spacial score (nSPS) is 11.0. The van der Waals surface area contributed by atoms with Crippen molar-refractivity contribution in [3.63, 3.8) is 0 Å². The summed E-state index contributed by atoms with van der Waals surface area (Å²) in [6.07, 6.45) is 1.65. The van der Waals surface area contributed by atoms with Gasteiger partial charge in [0.15, 0.2) is 17.4 Å². The first kappa shape index (κ1) is 24.4. The number of benzene rings is 3. The van der Waals surface area contributed by atoms with Crippen LogP contribution in [-0.4, -0.2) is 15.8 Å². The Hall–Kier alpha value is -3.29. The Kier molecular flexibility index (Phi) is 7.03. The van der Waals surface area contributed by atoms with Crippen molar-refractivity contribution in [2.45, 2.75) is 6.42 Å². The lowest BCUT2D eigenvalue weighted by atomic mass is 10.1. The Labute approximate surface area is 226 Å². The average Bonchev–Trinajstić information content (AvgIpc) is 3.40. The number of fused-ring (bicyclic) bond motifs is 1. The minimum absolute atomic E-state index is 0.126. The molecular formula is C26H16Cl4N4O2. The van der Waals surface area contributed by atoms with Crippen LogP contribution in [0.4, 0.5) is 23.0 Å². The number of nitrogens with one attached hydrogen (secondary N) is 2.